The summed E-state index contributed by atoms with van der Waals surface area (Å²) in [6.07, 6.45) is 0. The van der Waals surface area contributed by atoms with Crippen LogP contribution in [0, 0.1) is 6.92 Å². The molecule has 0 unspecified atom stereocenters. The molecular weight excluding hydrogens is 318 g/mol. The summed E-state index contributed by atoms with van der Waals surface area (Å²) in [6, 6.07) is 13.8. The first-order valence-corrected chi connectivity index (χ1v) is 7.94. The van der Waals surface area contributed by atoms with E-state index in [0.717, 1.165) is 16.0 Å². The molecule has 0 fully saturated rings. The highest BCUT2D eigenvalue weighted by molar-refractivity contribution is 6.21. The first kappa shape index (κ1) is 15.3. The summed E-state index contributed by atoms with van der Waals surface area (Å²) in [4.78, 5) is 30.7. The Hall–Kier alpha value is -3.28. The first-order chi connectivity index (χ1) is 12.1. The average molecular weight is 333 g/mol. The molecule has 124 valence electrons. The van der Waals surface area contributed by atoms with Crippen molar-refractivity contribution in [1.29, 1.82) is 0 Å². The molecular formula is C19H15N3O3. The predicted octanol–water partition coefficient (Wildman–Crippen LogP) is 3.40. The molecule has 2 heterocycles. The lowest BCUT2D eigenvalue weighted by atomic mass is 10.1. The zero-order valence-corrected chi connectivity index (χ0v) is 13.8. The van der Waals surface area contributed by atoms with Crippen molar-refractivity contribution in [3.8, 4) is 11.4 Å². The van der Waals surface area contributed by atoms with E-state index in [2.05, 4.69) is 10.1 Å². The Balaban J connectivity index is 1.66. The molecule has 2 aromatic carbocycles. The number of hydrogen-bond acceptors (Lipinski definition) is 5. The molecule has 1 aromatic heterocycles. The molecule has 1 atom stereocenters. The van der Waals surface area contributed by atoms with Crippen LogP contribution in [-0.2, 0) is 0 Å². The minimum absolute atomic E-state index is 0.228. The van der Waals surface area contributed by atoms with Crippen molar-refractivity contribution in [1.82, 2.24) is 15.0 Å². The lowest BCUT2D eigenvalue weighted by Crippen LogP contribution is -2.32. The molecule has 0 aliphatic carbocycles. The van der Waals surface area contributed by atoms with Gasteiger partial charge in [0.25, 0.3) is 11.8 Å². The highest BCUT2D eigenvalue weighted by Crippen LogP contribution is 2.31. The molecule has 0 saturated carbocycles. The van der Waals surface area contributed by atoms with Crippen molar-refractivity contribution in [3.63, 3.8) is 0 Å². The lowest BCUT2D eigenvalue weighted by molar-refractivity contribution is 0.0568. The molecule has 0 saturated heterocycles. The normalized spacial score (nSPS) is 14.7. The largest absolute Gasteiger partial charge is 0.337 e. The number of imide groups is 1. The molecule has 0 radical (unpaired) electrons. The number of carbonyl (C=O) groups is 2. The van der Waals surface area contributed by atoms with Crippen LogP contribution in [0.3, 0.4) is 0 Å². The summed E-state index contributed by atoms with van der Waals surface area (Å²) < 4.78 is 5.32. The van der Waals surface area contributed by atoms with Crippen molar-refractivity contribution in [2.75, 3.05) is 0 Å². The van der Waals surface area contributed by atoms with Crippen LogP contribution in [-0.4, -0.2) is 26.9 Å². The maximum absolute atomic E-state index is 12.6. The number of amides is 2. The van der Waals surface area contributed by atoms with Gasteiger partial charge in [0.05, 0.1) is 11.1 Å². The van der Waals surface area contributed by atoms with Crippen molar-refractivity contribution in [2.45, 2.75) is 19.9 Å². The molecule has 4 rings (SSSR count). The number of nitrogens with zero attached hydrogens (tertiary/aromatic N) is 3. The van der Waals surface area contributed by atoms with Gasteiger partial charge in [-0.1, -0.05) is 41.1 Å². The maximum atomic E-state index is 12.6. The van der Waals surface area contributed by atoms with Crippen molar-refractivity contribution >= 4 is 11.8 Å². The summed E-state index contributed by atoms with van der Waals surface area (Å²) in [6.45, 7) is 3.68. The third-order valence-corrected chi connectivity index (χ3v) is 4.29. The van der Waals surface area contributed by atoms with Gasteiger partial charge in [-0.15, -0.1) is 0 Å². The van der Waals surface area contributed by atoms with Crippen LogP contribution in [0.4, 0.5) is 0 Å². The van der Waals surface area contributed by atoms with E-state index in [1.54, 1.807) is 31.2 Å². The number of carbonyl (C=O) groups excluding carboxylic acids is 2. The second kappa shape index (κ2) is 5.66. The first-order valence-electron chi connectivity index (χ1n) is 7.94. The Morgan fingerprint density at radius 3 is 2.32 bits per heavy atom. The van der Waals surface area contributed by atoms with Gasteiger partial charge in [-0.05, 0) is 32.0 Å². The quantitative estimate of drug-likeness (QED) is 0.687. The number of aryl methyl sites for hydroxylation is 1. The number of hydrogen-bond donors (Lipinski definition) is 0. The molecule has 2 amide bonds. The number of aromatic nitrogens is 2. The molecule has 25 heavy (non-hydrogen) atoms. The van der Waals surface area contributed by atoms with E-state index in [9.17, 15) is 9.59 Å². The van der Waals surface area contributed by atoms with E-state index in [1.165, 1.54) is 0 Å². The Kier molecular flexibility index (Phi) is 3.46. The van der Waals surface area contributed by atoms with Gasteiger partial charge in [0, 0.05) is 5.56 Å². The molecule has 1 aliphatic heterocycles. The van der Waals surface area contributed by atoms with Gasteiger partial charge in [0.1, 0.15) is 6.04 Å². The van der Waals surface area contributed by atoms with Crippen LogP contribution < -0.4 is 0 Å². The van der Waals surface area contributed by atoms with E-state index in [0.29, 0.717) is 17.0 Å². The predicted molar refractivity (Wildman–Crippen MR) is 89.8 cm³/mol. The standard InChI is InChI=1S/C19H15N3O3/c1-11-6-5-7-13(10-11)16-20-17(25-21-16)12(2)22-18(23)14-8-3-4-9-15(14)19(22)24/h3-10,12H,1-2H3/t12-/m1/s1. The molecule has 3 aromatic rings. The molecule has 1 aliphatic rings. The minimum atomic E-state index is -0.640. The van der Waals surface area contributed by atoms with E-state index >= 15 is 0 Å². The van der Waals surface area contributed by atoms with Crippen molar-refractivity contribution in [3.05, 3.63) is 71.1 Å². The fraction of sp³-hybridized carbons (Fsp3) is 0.158. The van der Waals surface area contributed by atoms with Gasteiger partial charge in [0.2, 0.25) is 11.7 Å². The summed E-state index contributed by atoms with van der Waals surface area (Å²) in [5.74, 6) is -0.0278. The summed E-state index contributed by atoms with van der Waals surface area (Å²) >= 11 is 0. The van der Waals surface area contributed by atoms with Gasteiger partial charge in [0.15, 0.2) is 0 Å². The SMILES string of the molecule is Cc1cccc(-c2noc([C@@H](C)N3C(=O)c4ccccc4C3=O)n2)c1. The molecule has 0 N–H and O–H groups in total. The van der Waals surface area contributed by atoms with Crippen LogP contribution >= 0.6 is 0 Å². The molecule has 6 nitrogen and oxygen atoms in total. The number of rotatable bonds is 3. The van der Waals surface area contributed by atoms with Gasteiger partial charge in [-0.3, -0.25) is 14.5 Å². The van der Waals surface area contributed by atoms with Gasteiger partial charge in [-0.25, -0.2) is 0 Å². The Morgan fingerprint density at radius 1 is 1.00 bits per heavy atom. The van der Waals surface area contributed by atoms with E-state index in [4.69, 9.17) is 4.52 Å². The van der Waals surface area contributed by atoms with Crippen LogP contribution in [0.1, 0.15) is 45.1 Å². The van der Waals surface area contributed by atoms with Gasteiger partial charge in [-0.2, -0.15) is 4.98 Å². The van der Waals surface area contributed by atoms with E-state index in [1.807, 2.05) is 31.2 Å². The zero-order valence-electron chi connectivity index (χ0n) is 13.8. The fourth-order valence-electron chi connectivity index (χ4n) is 2.98. The third-order valence-electron chi connectivity index (χ3n) is 4.29. The van der Waals surface area contributed by atoms with Crippen LogP contribution in [0.15, 0.2) is 53.1 Å². The average Bonchev–Trinajstić information content (AvgIpc) is 3.20. The maximum Gasteiger partial charge on any atom is 0.262 e. The molecule has 6 heteroatoms. The number of benzene rings is 2. The van der Waals surface area contributed by atoms with Crippen LogP contribution in [0.25, 0.3) is 11.4 Å². The third kappa shape index (κ3) is 2.42. The topological polar surface area (TPSA) is 76.3 Å². The Bertz CT molecular complexity index is 958. The summed E-state index contributed by atoms with van der Waals surface area (Å²) in [5, 5.41) is 3.98. The minimum Gasteiger partial charge on any atom is -0.337 e. The second-order valence-electron chi connectivity index (χ2n) is 6.03. The Labute approximate surface area is 144 Å². The van der Waals surface area contributed by atoms with Gasteiger partial charge >= 0.3 is 0 Å². The van der Waals surface area contributed by atoms with E-state index < -0.39 is 6.04 Å². The monoisotopic (exact) mass is 333 g/mol. The highest BCUT2D eigenvalue weighted by Gasteiger charge is 2.40. The van der Waals surface area contributed by atoms with Crippen LogP contribution in [0.5, 0.6) is 0 Å². The number of fused-ring (bicyclic) bond motifs is 1. The van der Waals surface area contributed by atoms with Gasteiger partial charge < -0.3 is 4.52 Å². The highest BCUT2D eigenvalue weighted by atomic mass is 16.5. The smallest absolute Gasteiger partial charge is 0.262 e. The van der Waals surface area contributed by atoms with Crippen LogP contribution in [0.2, 0.25) is 0 Å². The van der Waals surface area contributed by atoms with Crippen molar-refractivity contribution < 1.29 is 14.1 Å². The Morgan fingerprint density at radius 2 is 1.68 bits per heavy atom. The summed E-state index contributed by atoms with van der Waals surface area (Å²) in [7, 11) is 0. The summed E-state index contributed by atoms with van der Waals surface area (Å²) in [5.41, 5.74) is 2.71. The van der Waals surface area contributed by atoms with E-state index in [-0.39, 0.29) is 17.7 Å². The zero-order chi connectivity index (χ0) is 17.6. The second-order valence-corrected chi connectivity index (χ2v) is 6.03. The molecule has 0 spiro atoms. The fourth-order valence-corrected chi connectivity index (χ4v) is 2.98. The van der Waals surface area contributed by atoms with Crippen molar-refractivity contribution in [2.24, 2.45) is 0 Å². The molecule has 0 bridgehead atoms. The lowest BCUT2D eigenvalue weighted by Gasteiger charge is -2.18.